The zero-order valence-electron chi connectivity index (χ0n) is 15.2. The molecule has 0 unspecified atom stereocenters. The fourth-order valence-electron chi connectivity index (χ4n) is 3.83. The van der Waals surface area contributed by atoms with Crippen LogP contribution in [0.1, 0.15) is 56.0 Å². The Morgan fingerprint density at radius 2 is 2.12 bits per heavy atom. The lowest BCUT2D eigenvalue weighted by Crippen LogP contribution is -2.53. The van der Waals surface area contributed by atoms with E-state index in [0.29, 0.717) is 11.3 Å². The number of hydrogen-bond acceptors (Lipinski definition) is 4. The van der Waals surface area contributed by atoms with Gasteiger partial charge in [-0.1, -0.05) is 24.4 Å². The van der Waals surface area contributed by atoms with Crippen LogP contribution in [0.15, 0.2) is 9.52 Å². The number of aromatic nitrogens is 1. The van der Waals surface area contributed by atoms with Crippen LogP contribution in [0.4, 0.5) is 0 Å². The molecule has 3 rings (SSSR count). The van der Waals surface area contributed by atoms with Crippen LogP contribution in [-0.4, -0.2) is 46.2 Å². The zero-order chi connectivity index (χ0) is 17.0. The molecule has 1 aliphatic heterocycles. The van der Waals surface area contributed by atoms with Crippen molar-refractivity contribution in [3.63, 3.8) is 0 Å². The molecule has 24 heavy (non-hydrogen) atoms. The molecule has 134 valence electrons. The summed E-state index contributed by atoms with van der Waals surface area (Å²) in [6, 6.07) is 0. The molecule has 0 bridgehead atoms. The van der Waals surface area contributed by atoms with Gasteiger partial charge < -0.3 is 14.7 Å². The fraction of sp³-hybridized carbons (Fsp3) is 0.778. The van der Waals surface area contributed by atoms with Crippen LogP contribution in [-0.2, 0) is 6.54 Å². The number of nitrogens with one attached hydrogen (secondary N) is 1. The topological polar surface area (TPSA) is 53.7 Å². The van der Waals surface area contributed by atoms with Gasteiger partial charge in [-0.2, -0.15) is 11.8 Å². The smallest absolute Gasteiger partial charge is 0.194 e. The van der Waals surface area contributed by atoms with Crippen LogP contribution < -0.4 is 5.32 Å². The van der Waals surface area contributed by atoms with Crippen LogP contribution in [0.25, 0.3) is 0 Å². The highest BCUT2D eigenvalue weighted by Crippen LogP contribution is 2.42. The Morgan fingerprint density at radius 3 is 2.79 bits per heavy atom. The lowest BCUT2D eigenvalue weighted by molar-refractivity contribution is 0.293. The normalized spacial score (nSPS) is 21.3. The van der Waals surface area contributed by atoms with Crippen LogP contribution in [0.2, 0.25) is 0 Å². The Balaban J connectivity index is 1.73. The highest BCUT2D eigenvalue weighted by atomic mass is 32.2. The molecule has 2 aliphatic rings. The van der Waals surface area contributed by atoms with Gasteiger partial charge in [0.2, 0.25) is 0 Å². The van der Waals surface area contributed by atoms with Crippen molar-refractivity contribution in [3.05, 3.63) is 17.0 Å². The van der Waals surface area contributed by atoms with E-state index in [1.54, 1.807) is 0 Å². The molecule has 6 heteroatoms. The average Bonchev–Trinajstić information content (AvgIpc) is 2.91. The summed E-state index contributed by atoms with van der Waals surface area (Å²) in [6.07, 6.45) is 6.89. The van der Waals surface area contributed by atoms with E-state index in [9.17, 15) is 0 Å². The second kappa shape index (κ2) is 7.81. The summed E-state index contributed by atoms with van der Waals surface area (Å²) in [5.74, 6) is 3.13. The lowest BCUT2D eigenvalue weighted by atomic mass is 9.87. The van der Waals surface area contributed by atoms with Crippen molar-refractivity contribution in [3.8, 4) is 0 Å². The molecule has 2 fully saturated rings. The molecule has 1 aromatic rings. The van der Waals surface area contributed by atoms with E-state index in [1.165, 1.54) is 37.9 Å². The molecular weight excluding hydrogens is 320 g/mol. The summed E-state index contributed by atoms with van der Waals surface area (Å²) >= 11 is 2.20. The van der Waals surface area contributed by atoms with Gasteiger partial charge in [0.15, 0.2) is 5.96 Å². The van der Waals surface area contributed by atoms with Gasteiger partial charge in [0.25, 0.3) is 0 Å². The molecule has 1 saturated heterocycles. The van der Waals surface area contributed by atoms with Crippen molar-refractivity contribution in [2.75, 3.05) is 25.4 Å². The van der Waals surface area contributed by atoms with Gasteiger partial charge in [0.05, 0.1) is 12.2 Å². The first-order valence-corrected chi connectivity index (χ1v) is 10.2. The molecule has 2 heterocycles. The summed E-state index contributed by atoms with van der Waals surface area (Å²) < 4.78 is 5.72. The quantitative estimate of drug-likeness (QED) is 0.668. The molecule has 0 atom stereocenters. The summed E-state index contributed by atoms with van der Waals surface area (Å²) in [5, 5.41) is 7.53. The Kier molecular flexibility index (Phi) is 5.74. The first-order chi connectivity index (χ1) is 11.6. The first-order valence-electron chi connectivity index (χ1n) is 9.22. The third-order valence-electron chi connectivity index (χ3n) is 5.22. The van der Waals surface area contributed by atoms with Gasteiger partial charge in [0, 0.05) is 35.7 Å². The van der Waals surface area contributed by atoms with E-state index >= 15 is 0 Å². The minimum Gasteiger partial charge on any atom is -0.361 e. The third-order valence-corrected chi connectivity index (χ3v) is 6.75. The number of hydrogen-bond donors (Lipinski definition) is 1. The van der Waals surface area contributed by atoms with Crippen molar-refractivity contribution in [1.29, 1.82) is 0 Å². The number of guanidine groups is 1. The Hall–Kier alpha value is -1.17. The molecule has 1 saturated carbocycles. The molecule has 0 amide bonds. The zero-order valence-corrected chi connectivity index (χ0v) is 16.0. The summed E-state index contributed by atoms with van der Waals surface area (Å²) in [6.45, 7) is 9.85. The standard InChI is InChI=1S/C18H30N4OS/c1-4-19-17(20-12-16-14(2)21-23-15(16)3)22-10-11-24-18(13-22)8-6-5-7-9-18/h4-13H2,1-3H3,(H,19,20). The maximum atomic E-state index is 5.27. The Labute approximate surface area is 149 Å². The van der Waals surface area contributed by atoms with Gasteiger partial charge in [-0.3, -0.25) is 0 Å². The van der Waals surface area contributed by atoms with Crippen molar-refractivity contribution in [2.24, 2.45) is 4.99 Å². The molecule has 0 radical (unpaired) electrons. The second-order valence-corrected chi connectivity index (χ2v) is 8.55. The van der Waals surface area contributed by atoms with Crippen molar-refractivity contribution in [1.82, 2.24) is 15.4 Å². The first kappa shape index (κ1) is 17.6. The van der Waals surface area contributed by atoms with Gasteiger partial charge in [0.1, 0.15) is 5.76 Å². The molecule has 5 nitrogen and oxygen atoms in total. The van der Waals surface area contributed by atoms with Crippen molar-refractivity contribution >= 4 is 17.7 Å². The van der Waals surface area contributed by atoms with Crippen molar-refractivity contribution < 1.29 is 4.52 Å². The van der Waals surface area contributed by atoms with Gasteiger partial charge in [-0.25, -0.2) is 4.99 Å². The number of nitrogens with zero attached hydrogens (tertiary/aromatic N) is 3. The Bertz CT molecular complexity index is 553. The van der Waals surface area contributed by atoms with Gasteiger partial charge in [-0.15, -0.1) is 0 Å². The summed E-state index contributed by atoms with van der Waals surface area (Å²) in [7, 11) is 0. The van der Waals surface area contributed by atoms with E-state index in [1.807, 2.05) is 13.8 Å². The molecular formula is C18H30N4OS. The lowest BCUT2D eigenvalue weighted by Gasteiger charge is -2.45. The van der Waals surface area contributed by atoms with Crippen LogP contribution >= 0.6 is 11.8 Å². The SMILES string of the molecule is CCNC(=NCc1c(C)noc1C)N1CCSC2(CCCCC2)C1. The molecule has 0 aromatic carbocycles. The van der Waals surface area contributed by atoms with E-state index in [-0.39, 0.29) is 0 Å². The minimum absolute atomic E-state index is 0.454. The highest BCUT2D eigenvalue weighted by molar-refractivity contribution is 8.00. The Morgan fingerprint density at radius 1 is 1.33 bits per heavy atom. The number of rotatable bonds is 3. The van der Waals surface area contributed by atoms with E-state index < -0.39 is 0 Å². The molecule has 1 spiro atoms. The van der Waals surface area contributed by atoms with Crippen LogP contribution in [0.5, 0.6) is 0 Å². The molecule has 1 aliphatic carbocycles. The largest absolute Gasteiger partial charge is 0.361 e. The van der Waals surface area contributed by atoms with Gasteiger partial charge in [-0.05, 0) is 33.6 Å². The van der Waals surface area contributed by atoms with Crippen LogP contribution in [0, 0.1) is 13.8 Å². The van der Waals surface area contributed by atoms with E-state index in [0.717, 1.165) is 42.6 Å². The average molecular weight is 351 g/mol. The molecule has 1 aromatic heterocycles. The van der Waals surface area contributed by atoms with E-state index in [2.05, 4.69) is 34.1 Å². The van der Waals surface area contributed by atoms with E-state index in [4.69, 9.17) is 9.52 Å². The predicted octanol–water partition coefficient (Wildman–Crippen LogP) is 3.51. The van der Waals surface area contributed by atoms with Gasteiger partial charge >= 0.3 is 0 Å². The maximum Gasteiger partial charge on any atom is 0.194 e. The summed E-state index contributed by atoms with van der Waals surface area (Å²) in [5.41, 5.74) is 2.06. The fourth-order valence-corrected chi connectivity index (χ4v) is 5.40. The second-order valence-electron chi connectivity index (χ2n) is 6.99. The minimum atomic E-state index is 0.454. The monoisotopic (exact) mass is 350 g/mol. The number of aliphatic imine (C=N–C) groups is 1. The summed E-state index contributed by atoms with van der Waals surface area (Å²) in [4.78, 5) is 7.38. The number of aryl methyl sites for hydroxylation is 2. The third kappa shape index (κ3) is 3.90. The number of thioether (sulfide) groups is 1. The van der Waals surface area contributed by atoms with Crippen LogP contribution in [0.3, 0.4) is 0 Å². The highest BCUT2D eigenvalue weighted by Gasteiger charge is 2.38. The molecule has 1 N–H and O–H groups in total. The van der Waals surface area contributed by atoms with Crippen molar-refractivity contribution in [2.45, 2.75) is 64.2 Å². The maximum absolute atomic E-state index is 5.27. The predicted molar refractivity (Wildman–Crippen MR) is 101 cm³/mol.